The van der Waals surface area contributed by atoms with Crippen LogP contribution in [0.2, 0.25) is 0 Å². The fourth-order valence-electron chi connectivity index (χ4n) is 3.38. The highest BCUT2D eigenvalue weighted by atomic mass is 32.2. The van der Waals surface area contributed by atoms with Crippen LogP contribution in [0.5, 0.6) is 0 Å². The van der Waals surface area contributed by atoms with Crippen LogP contribution in [0.25, 0.3) is 11.4 Å². The molecule has 1 fully saturated rings. The molecule has 1 saturated heterocycles. The number of anilines is 1. The Hall–Kier alpha value is -2.25. The van der Waals surface area contributed by atoms with Crippen LogP contribution in [0, 0.1) is 0 Å². The Kier molecular flexibility index (Phi) is 6.31. The summed E-state index contributed by atoms with van der Waals surface area (Å²) in [6.07, 6.45) is 0.872. The molecular weight excluding hydrogens is 437 g/mol. The topological polar surface area (TPSA) is 113 Å². The van der Waals surface area contributed by atoms with Crippen LogP contribution in [0.1, 0.15) is 32.3 Å². The summed E-state index contributed by atoms with van der Waals surface area (Å²) in [5.41, 5.74) is -2.44. The molecule has 3 heterocycles. The third-order valence-electron chi connectivity index (χ3n) is 4.80. The molecule has 0 aliphatic carbocycles. The largest absolute Gasteiger partial charge is 0.420 e. The summed E-state index contributed by atoms with van der Waals surface area (Å²) < 4.78 is 66.7. The lowest BCUT2D eigenvalue weighted by Crippen LogP contribution is -2.42. The molecule has 13 heteroatoms. The third-order valence-corrected chi connectivity index (χ3v) is 6.10. The van der Waals surface area contributed by atoms with E-state index >= 15 is 0 Å². The van der Waals surface area contributed by atoms with Crippen LogP contribution in [0.15, 0.2) is 18.7 Å². The Labute approximate surface area is 178 Å². The minimum absolute atomic E-state index is 0.00826. The summed E-state index contributed by atoms with van der Waals surface area (Å²) in [7, 11) is -3.28. The molecule has 0 saturated carbocycles. The minimum atomic E-state index is -4.67. The number of nitrogens with one attached hydrogen (secondary N) is 1. The molecule has 9 nitrogen and oxygen atoms in total. The van der Waals surface area contributed by atoms with Gasteiger partial charge in [0.25, 0.3) is 0 Å². The predicted octanol–water partition coefficient (Wildman–Crippen LogP) is 1.97. The van der Waals surface area contributed by atoms with Gasteiger partial charge >= 0.3 is 6.18 Å². The van der Waals surface area contributed by atoms with Gasteiger partial charge in [0, 0.05) is 31.5 Å². The van der Waals surface area contributed by atoms with Crippen molar-refractivity contribution in [1.29, 1.82) is 0 Å². The second kappa shape index (κ2) is 8.36. The van der Waals surface area contributed by atoms with Crippen molar-refractivity contribution < 1.29 is 26.7 Å². The van der Waals surface area contributed by atoms with Crippen LogP contribution in [0.4, 0.5) is 19.1 Å². The summed E-state index contributed by atoms with van der Waals surface area (Å²) in [4.78, 5) is 11.9. The number of imidazole rings is 1. The van der Waals surface area contributed by atoms with E-state index in [-0.39, 0.29) is 29.9 Å². The monoisotopic (exact) mass is 462 g/mol. The van der Waals surface area contributed by atoms with Gasteiger partial charge in [-0.1, -0.05) is 0 Å². The lowest BCUT2D eigenvalue weighted by Gasteiger charge is -2.30. The summed E-state index contributed by atoms with van der Waals surface area (Å²) in [5, 5.41) is 12.9. The third kappa shape index (κ3) is 6.14. The molecule has 0 spiro atoms. The van der Waals surface area contributed by atoms with E-state index in [2.05, 4.69) is 20.3 Å². The molecule has 1 aliphatic heterocycles. The molecule has 0 radical (unpaired) electrons. The number of aromatic nitrogens is 4. The zero-order valence-corrected chi connectivity index (χ0v) is 18.2. The molecule has 2 aromatic rings. The van der Waals surface area contributed by atoms with Gasteiger partial charge < -0.3 is 15.0 Å². The fourth-order valence-corrected chi connectivity index (χ4v) is 4.26. The first-order valence-electron chi connectivity index (χ1n) is 9.63. The molecule has 31 heavy (non-hydrogen) atoms. The first-order valence-corrected chi connectivity index (χ1v) is 11.5. The number of alkyl halides is 3. The van der Waals surface area contributed by atoms with Gasteiger partial charge in [-0.05, 0) is 26.7 Å². The van der Waals surface area contributed by atoms with Crippen LogP contribution in [-0.2, 0) is 22.7 Å². The first-order chi connectivity index (χ1) is 14.2. The van der Waals surface area contributed by atoms with Crippen molar-refractivity contribution in [1.82, 2.24) is 23.8 Å². The van der Waals surface area contributed by atoms with E-state index in [1.807, 2.05) is 0 Å². The molecule has 0 unspecified atom stereocenters. The van der Waals surface area contributed by atoms with Crippen LogP contribution in [0.3, 0.4) is 0 Å². The highest BCUT2D eigenvalue weighted by molar-refractivity contribution is 7.88. The highest BCUT2D eigenvalue weighted by Crippen LogP contribution is 2.35. The van der Waals surface area contributed by atoms with Gasteiger partial charge in [-0.2, -0.15) is 13.2 Å². The molecule has 172 valence electrons. The maximum absolute atomic E-state index is 13.5. The van der Waals surface area contributed by atoms with Crippen molar-refractivity contribution >= 4 is 16.0 Å². The molecule has 2 N–H and O–H groups in total. The van der Waals surface area contributed by atoms with Gasteiger partial charge in [-0.15, -0.1) is 0 Å². The Morgan fingerprint density at radius 1 is 1.23 bits per heavy atom. The molecule has 0 bridgehead atoms. The van der Waals surface area contributed by atoms with E-state index in [9.17, 15) is 26.7 Å². The van der Waals surface area contributed by atoms with Crippen LogP contribution < -0.4 is 5.32 Å². The van der Waals surface area contributed by atoms with E-state index in [4.69, 9.17) is 0 Å². The number of rotatable bonds is 6. The molecule has 0 atom stereocenters. The van der Waals surface area contributed by atoms with E-state index < -0.39 is 27.4 Å². The van der Waals surface area contributed by atoms with Gasteiger partial charge in [-0.25, -0.2) is 27.7 Å². The van der Waals surface area contributed by atoms with E-state index in [0.29, 0.717) is 32.1 Å². The average Bonchev–Trinajstić information content (AvgIpc) is 3.07. The highest BCUT2D eigenvalue weighted by Gasteiger charge is 2.36. The van der Waals surface area contributed by atoms with Crippen molar-refractivity contribution in [2.45, 2.75) is 51.1 Å². The number of aliphatic hydroxyl groups is 1. The van der Waals surface area contributed by atoms with Crippen molar-refractivity contribution in [3.8, 4) is 11.4 Å². The van der Waals surface area contributed by atoms with Crippen LogP contribution >= 0.6 is 0 Å². The quantitative estimate of drug-likeness (QED) is 0.675. The van der Waals surface area contributed by atoms with Crippen molar-refractivity contribution in [3.05, 3.63) is 24.3 Å². The van der Waals surface area contributed by atoms with E-state index in [1.165, 1.54) is 21.4 Å². The fraction of sp³-hybridized carbons (Fsp3) is 0.611. The minimum Gasteiger partial charge on any atom is -0.389 e. The summed E-state index contributed by atoms with van der Waals surface area (Å²) >= 11 is 0. The van der Waals surface area contributed by atoms with Crippen LogP contribution in [-0.4, -0.2) is 68.3 Å². The molecular formula is C18H25F3N6O3S. The molecule has 1 aliphatic rings. The van der Waals surface area contributed by atoms with Crippen molar-refractivity contribution in [3.63, 3.8) is 0 Å². The number of hydrogen-bond donors (Lipinski definition) is 2. The Balaban J connectivity index is 1.83. The smallest absolute Gasteiger partial charge is 0.389 e. The lowest BCUT2D eigenvalue weighted by molar-refractivity contribution is -0.137. The second-order valence-electron chi connectivity index (χ2n) is 8.28. The van der Waals surface area contributed by atoms with E-state index in [0.717, 1.165) is 6.26 Å². The maximum atomic E-state index is 13.5. The zero-order chi connectivity index (χ0) is 23.0. The average molecular weight is 462 g/mol. The summed E-state index contributed by atoms with van der Waals surface area (Å²) in [5.74, 6) is 0.0119. The second-order valence-corrected chi connectivity index (χ2v) is 10.3. The summed E-state index contributed by atoms with van der Waals surface area (Å²) in [6, 6.07) is -0.171. The Morgan fingerprint density at radius 2 is 1.87 bits per heavy atom. The van der Waals surface area contributed by atoms with Gasteiger partial charge in [0.05, 0.1) is 24.7 Å². The van der Waals surface area contributed by atoms with E-state index in [1.54, 1.807) is 13.8 Å². The van der Waals surface area contributed by atoms with Gasteiger partial charge in [0.2, 0.25) is 16.0 Å². The lowest BCUT2D eigenvalue weighted by atomic mass is 10.1. The Morgan fingerprint density at radius 3 is 2.42 bits per heavy atom. The SMILES string of the molecule is CC(C)(O)Cn1cnc(-c2nc(NC3CCN(S(C)(=O)=O)CC3)ncc2C(F)(F)F)c1. The number of hydrogen-bond acceptors (Lipinski definition) is 7. The normalized spacial score (nSPS) is 17.1. The number of nitrogens with zero attached hydrogens (tertiary/aromatic N) is 5. The van der Waals surface area contributed by atoms with Gasteiger partial charge in [-0.3, -0.25) is 0 Å². The number of sulfonamides is 1. The predicted molar refractivity (Wildman–Crippen MR) is 108 cm³/mol. The zero-order valence-electron chi connectivity index (χ0n) is 17.4. The molecule has 2 aromatic heterocycles. The Bertz CT molecular complexity index is 1020. The summed E-state index contributed by atoms with van der Waals surface area (Å²) in [6.45, 7) is 3.93. The molecule has 0 amide bonds. The standard InChI is InChI=1S/C18H25F3N6O3S/c1-17(2,28)10-26-9-14(23-11-26)15-13(18(19,20)21)8-22-16(25-15)24-12-4-6-27(7-5-12)31(3,29)30/h8-9,11-12,28H,4-7,10H2,1-3H3,(H,22,24,25). The molecule has 0 aromatic carbocycles. The first kappa shape index (κ1) is 23.4. The maximum Gasteiger partial charge on any atom is 0.420 e. The number of piperidine rings is 1. The number of halogens is 3. The van der Waals surface area contributed by atoms with Crippen molar-refractivity contribution in [2.24, 2.45) is 0 Å². The van der Waals surface area contributed by atoms with Gasteiger partial charge in [0.1, 0.15) is 17.0 Å². The molecule has 3 rings (SSSR count). The van der Waals surface area contributed by atoms with Gasteiger partial charge in [0.15, 0.2) is 0 Å². The van der Waals surface area contributed by atoms with Crippen molar-refractivity contribution in [2.75, 3.05) is 24.7 Å².